The van der Waals surface area contributed by atoms with Crippen molar-refractivity contribution in [3.63, 3.8) is 0 Å². The lowest BCUT2D eigenvalue weighted by atomic mass is 10.1. The van der Waals surface area contributed by atoms with Crippen LogP contribution in [0.3, 0.4) is 0 Å². The molecule has 0 aliphatic heterocycles. The van der Waals surface area contributed by atoms with Crippen LogP contribution in [0.1, 0.15) is 83.3 Å². The van der Waals surface area contributed by atoms with Gasteiger partial charge in [-0.05, 0) is 26.7 Å². The summed E-state index contributed by atoms with van der Waals surface area (Å²) in [7, 11) is 1.98. The molecule has 0 bridgehead atoms. The lowest BCUT2D eigenvalue weighted by Gasteiger charge is -2.13. The summed E-state index contributed by atoms with van der Waals surface area (Å²) in [5.41, 5.74) is 0. The van der Waals surface area contributed by atoms with Gasteiger partial charge in [0.15, 0.2) is 11.8 Å². The highest BCUT2D eigenvalue weighted by Crippen LogP contribution is 2.07. The number of guanidine groups is 1. The van der Waals surface area contributed by atoms with Gasteiger partial charge >= 0.3 is 0 Å². The quantitative estimate of drug-likeness (QED) is 0.146. The first-order valence-electron chi connectivity index (χ1n) is 11.1. The third kappa shape index (κ3) is 13.9. The molecule has 0 amide bonds. The van der Waals surface area contributed by atoms with Crippen LogP contribution in [0.25, 0.3) is 0 Å². The van der Waals surface area contributed by atoms with Crippen LogP contribution in [0.4, 0.5) is 0 Å². The molecule has 1 heterocycles. The van der Waals surface area contributed by atoms with E-state index in [9.17, 15) is 0 Å². The molecule has 0 aliphatic carbocycles. The van der Waals surface area contributed by atoms with Crippen molar-refractivity contribution in [2.75, 3.05) is 26.3 Å². The Morgan fingerprint density at radius 3 is 2.14 bits per heavy atom. The lowest BCUT2D eigenvalue weighted by Crippen LogP contribution is -2.38. The van der Waals surface area contributed by atoms with E-state index in [1.807, 2.05) is 25.5 Å². The number of halogens is 1. The average molecular weight is 523 g/mol. The van der Waals surface area contributed by atoms with Crippen molar-refractivity contribution >= 4 is 29.9 Å². The molecule has 0 aromatic carbocycles. The molecule has 0 saturated heterocycles. The molecule has 29 heavy (non-hydrogen) atoms. The fourth-order valence-electron chi connectivity index (χ4n) is 2.90. The highest BCUT2D eigenvalue weighted by molar-refractivity contribution is 14.0. The van der Waals surface area contributed by atoms with Crippen LogP contribution in [0, 0.1) is 6.92 Å². The van der Waals surface area contributed by atoms with Gasteiger partial charge in [-0.3, -0.25) is 0 Å². The predicted octanol–water partition coefficient (Wildman–Crippen LogP) is 4.34. The second-order valence-corrected chi connectivity index (χ2v) is 7.27. The van der Waals surface area contributed by atoms with Crippen molar-refractivity contribution in [2.24, 2.45) is 12.0 Å². The van der Waals surface area contributed by atoms with Crippen molar-refractivity contribution < 1.29 is 4.74 Å². The van der Waals surface area contributed by atoms with Gasteiger partial charge in [0.05, 0.1) is 0 Å². The van der Waals surface area contributed by atoms with Crippen molar-refractivity contribution in [3.05, 3.63) is 11.6 Å². The Morgan fingerprint density at radius 1 is 0.931 bits per heavy atom. The first kappa shape index (κ1) is 28.1. The van der Waals surface area contributed by atoms with Gasteiger partial charge < -0.3 is 19.9 Å². The fourth-order valence-corrected chi connectivity index (χ4v) is 2.90. The highest BCUT2D eigenvalue weighted by Gasteiger charge is 2.05. The van der Waals surface area contributed by atoms with Crippen molar-refractivity contribution in [1.82, 2.24) is 25.4 Å². The van der Waals surface area contributed by atoms with Gasteiger partial charge in [0.1, 0.15) is 12.4 Å². The molecular formula is C21H43IN6O. The maximum atomic E-state index is 5.40. The number of hydrogen-bond acceptors (Lipinski definition) is 4. The van der Waals surface area contributed by atoms with E-state index in [1.54, 1.807) is 0 Å². The summed E-state index contributed by atoms with van der Waals surface area (Å²) in [6, 6.07) is 0. The Balaban J connectivity index is 0.00000784. The third-order valence-electron chi connectivity index (χ3n) is 4.85. The minimum Gasteiger partial charge on any atom is -0.382 e. The largest absolute Gasteiger partial charge is 0.382 e. The number of aryl methyl sites for hydroxylation is 1. The molecule has 2 N–H and O–H groups in total. The molecule has 0 radical (unpaired) electrons. The predicted molar refractivity (Wildman–Crippen MR) is 132 cm³/mol. The SMILES string of the molecule is CCCCCCCCCCNC(=NCc1nnc(C)n1C)NCCCOCC.I. The second kappa shape index (κ2) is 19.1. The van der Waals surface area contributed by atoms with Crippen molar-refractivity contribution in [3.8, 4) is 0 Å². The van der Waals surface area contributed by atoms with E-state index in [-0.39, 0.29) is 24.0 Å². The number of hydrogen-bond donors (Lipinski definition) is 2. The van der Waals surface area contributed by atoms with E-state index in [4.69, 9.17) is 4.74 Å². The molecule has 0 spiro atoms. The first-order chi connectivity index (χ1) is 13.7. The molecule has 0 unspecified atom stereocenters. The fraction of sp³-hybridized carbons (Fsp3) is 0.857. The van der Waals surface area contributed by atoms with Crippen LogP contribution in [0.15, 0.2) is 4.99 Å². The zero-order valence-electron chi connectivity index (χ0n) is 19.0. The summed E-state index contributed by atoms with van der Waals surface area (Å²) in [4.78, 5) is 4.68. The number of unbranched alkanes of at least 4 members (excludes halogenated alkanes) is 7. The molecule has 1 rings (SSSR count). The van der Waals surface area contributed by atoms with Crippen LogP contribution >= 0.6 is 24.0 Å². The molecule has 8 heteroatoms. The number of rotatable bonds is 16. The van der Waals surface area contributed by atoms with E-state index in [0.29, 0.717) is 6.54 Å². The van der Waals surface area contributed by atoms with Crippen molar-refractivity contribution in [1.29, 1.82) is 0 Å². The van der Waals surface area contributed by atoms with Gasteiger partial charge in [-0.1, -0.05) is 51.9 Å². The lowest BCUT2D eigenvalue weighted by molar-refractivity contribution is 0.145. The number of nitrogens with one attached hydrogen (secondary N) is 2. The monoisotopic (exact) mass is 522 g/mol. The Morgan fingerprint density at radius 2 is 1.55 bits per heavy atom. The number of aliphatic imine (C=N–C) groups is 1. The minimum atomic E-state index is 0. The summed E-state index contributed by atoms with van der Waals surface area (Å²) in [6.07, 6.45) is 11.6. The van der Waals surface area contributed by atoms with Gasteiger partial charge in [0.2, 0.25) is 0 Å². The highest BCUT2D eigenvalue weighted by atomic mass is 127. The van der Waals surface area contributed by atoms with Gasteiger partial charge in [-0.2, -0.15) is 0 Å². The van der Waals surface area contributed by atoms with E-state index in [1.165, 1.54) is 51.4 Å². The van der Waals surface area contributed by atoms with Crippen LogP contribution < -0.4 is 10.6 Å². The Hall–Kier alpha value is -0.900. The number of aromatic nitrogens is 3. The molecule has 0 saturated carbocycles. The summed E-state index contributed by atoms with van der Waals surface area (Å²) in [6.45, 7) is 10.1. The van der Waals surface area contributed by atoms with Crippen LogP contribution in [0.2, 0.25) is 0 Å². The maximum Gasteiger partial charge on any atom is 0.191 e. The molecule has 170 valence electrons. The van der Waals surface area contributed by atoms with Gasteiger partial charge in [0.25, 0.3) is 0 Å². The zero-order chi connectivity index (χ0) is 20.5. The number of nitrogens with zero attached hydrogens (tertiary/aromatic N) is 4. The topological polar surface area (TPSA) is 76.4 Å². The van der Waals surface area contributed by atoms with Gasteiger partial charge in [-0.15, -0.1) is 34.2 Å². The zero-order valence-corrected chi connectivity index (χ0v) is 21.3. The molecule has 1 aromatic heterocycles. The minimum absolute atomic E-state index is 0. The molecule has 7 nitrogen and oxygen atoms in total. The van der Waals surface area contributed by atoms with Gasteiger partial charge in [-0.25, -0.2) is 4.99 Å². The Bertz CT molecular complexity index is 535. The molecule has 1 aromatic rings. The maximum absolute atomic E-state index is 5.40. The molecule has 0 atom stereocenters. The van der Waals surface area contributed by atoms with Crippen LogP contribution in [-0.4, -0.2) is 47.0 Å². The summed E-state index contributed by atoms with van der Waals surface area (Å²) in [5.74, 6) is 2.63. The summed E-state index contributed by atoms with van der Waals surface area (Å²) in [5, 5.41) is 15.1. The van der Waals surface area contributed by atoms with Gasteiger partial charge in [0, 0.05) is 33.4 Å². The Labute approximate surface area is 194 Å². The second-order valence-electron chi connectivity index (χ2n) is 7.27. The molecular weight excluding hydrogens is 479 g/mol. The summed E-state index contributed by atoms with van der Waals surface area (Å²) < 4.78 is 7.38. The van der Waals surface area contributed by atoms with Crippen molar-refractivity contribution in [2.45, 2.75) is 85.1 Å². The number of ether oxygens (including phenoxy) is 1. The molecule has 0 aliphatic rings. The molecule has 0 fully saturated rings. The third-order valence-corrected chi connectivity index (χ3v) is 4.85. The van der Waals surface area contributed by atoms with Crippen LogP contribution in [-0.2, 0) is 18.3 Å². The first-order valence-corrected chi connectivity index (χ1v) is 11.1. The van der Waals surface area contributed by atoms with E-state index < -0.39 is 0 Å². The van der Waals surface area contributed by atoms with E-state index in [0.717, 1.165) is 50.3 Å². The summed E-state index contributed by atoms with van der Waals surface area (Å²) >= 11 is 0. The van der Waals surface area contributed by atoms with E-state index in [2.05, 4.69) is 32.7 Å². The standard InChI is InChI=1S/C21H42N6O.HI/c1-5-7-8-9-10-11-12-13-15-22-21(23-16-14-17-28-6-2)24-18-20-26-25-19(3)27(20)4;/h5-18H2,1-4H3,(H2,22,23,24);1H. The van der Waals surface area contributed by atoms with Crippen LogP contribution in [0.5, 0.6) is 0 Å². The Kier molecular flexibility index (Phi) is 18.5. The average Bonchev–Trinajstić information content (AvgIpc) is 3.02. The normalized spacial score (nSPS) is 11.4. The smallest absolute Gasteiger partial charge is 0.191 e. The van der Waals surface area contributed by atoms with E-state index >= 15 is 0 Å².